The summed E-state index contributed by atoms with van der Waals surface area (Å²) >= 11 is 0. The third-order valence-electron chi connectivity index (χ3n) is 4.30. The van der Waals surface area contributed by atoms with Crippen LogP contribution in [0.3, 0.4) is 0 Å². The van der Waals surface area contributed by atoms with Crippen molar-refractivity contribution >= 4 is 12.0 Å². The van der Waals surface area contributed by atoms with Gasteiger partial charge < -0.3 is 25.5 Å². The molecule has 0 aliphatic carbocycles. The van der Waals surface area contributed by atoms with Crippen molar-refractivity contribution in [3.05, 3.63) is 92.9 Å². The van der Waals surface area contributed by atoms with Crippen molar-refractivity contribution in [2.24, 2.45) is 0 Å². The Morgan fingerprint density at radius 3 is 2.36 bits per heavy atom. The first-order valence-corrected chi connectivity index (χ1v) is 9.43. The van der Waals surface area contributed by atoms with Crippen LogP contribution in [0.1, 0.15) is 27.4 Å². The van der Waals surface area contributed by atoms with Crippen molar-refractivity contribution in [1.82, 2.24) is 20.6 Å². The first-order chi connectivity index (χ1) is 15.7. The molecule has 9 nitrogen and oxygen atoms in total. The molecule has 0 unspecified atom stereocenters. The quantitative estimate of drug-likeness (QED) is 0.426. The van der Waals surface area contributed by atoms with Crippen molar-refractivity contribution in [1.29, 1.82) is 0 Å². The number of carbonyl (C=O) groups excluding carboxylic acids is 2. The van der Waals surface area contributed by atoms with Gasteiger partial charge in [-0.05, 0) is 5.56 Å². The lowest BCUT2D eigenvalue weighted by Crippen LogP contribution is -2.30. The lowest BCUT2D eigenvalue weighted by Gasteiger charge is -2.10. The number of carbonyl (C=O) groups is 2. The van der Waals surface area contributed by atoms with Gasteiger partial charge in [-0.3, -0.25) is 9.59 Å². The van der Waals surface area contributed by atoms with Crippen LogP contribution < -0.4 is 16.2 Å². The molecule has 0 saturated heterocycles. The molecule has 4 N–H and O–H groups in total. The molecule has 0 aliphatic rings. The summed E-state index contributed by atoms with van der Waals surface area (Å²) in [5, 5.41) is 14.3. The van der Waals surface area contributed by atoms with Gasteiger partial charge in [0, 0.05) is 24.2 Å². The Kier molecular flexibility index (Phi) is 7.28. The van der Waals surface area contributed by atoms with Crippen LogP contribution in [-0.2, 0) is 24.4 Å². The maximum absolute atomic E-state index is 13.7. The Morgan fingerprint density at radius 1 is 1.03 bits per heavy atom. The van der Waals surface area contributed by atoms with Crippen LogP contribution >= 0.6 is 0 Å². The zero-order chi connectivity index (χ0) is 24.0. The molecule has 3 rings (SSSR count). The predicted octanol–water partition coefficient (Wildman–Crippen LogP) is 2.25. The number of halogens is 3. The topological polar surface area (TPSA) is 133 Å². The summed E-state index contributed by atoms with van der Waals surface area (Å²) in [7, 11) is 0. The molecule has 0 atom stereocenters. The van der Waals surface area contributed by atoms with E-state index in [1.807, 2.05) is 0 Å². The number of hydrogen-bond acceptors (Lipinski definition) is 6. The fourth-order valence-corrected chi connectivity index (χ4v) is 2.68. The summed E-state index contributed by atoms with van der Waals surface area (Å²) < 4.78 is 45.4. The van der Waals surface area contributed by atoms with E-state index >= 15 is 0 Å². The van der Waals surface area contributed by atoms with Crippen LogP contribution in [0.4, 0.5) is 18.0 Å². The zero-order valence-electron chi connectivity index (χ0n) is 16.8. The highest BCUT2D eigenvalue weighted by Gasteiger charge is 2.20. The number of hydrogen-bond donors (Lipinski definition) is 4. The number of aromatic amines is 1. The number of benzene rings is 2. The number of nitrogens with one attached hydrogen (secondary N) is 3. The van der Waals surface area contributed by atoms with Gasteiger partial charge in [-0.25, -0.2) is 22.9 Å². The van der Waals surface area contributed by atoms with Gasteiger partial charge in [-0.15, -0.1) is 0 Å². The molecule has 2 amide bonds. The summed E-state index contributed by atoms with van der Waals surface area (Å²) in [4.78, 5) is 42.0. The number of rotatable bonds is 7. The molecule has 33 heavy (non-hydrogen) atoms. The number of alkyl carbamates (subject to hydrolysis) is 1. The second kappa shape index (κ2) is 10.3. The van der Waals surface area contributed by atoms with Crippen molar-refractivity contribution in [3.8, 4) is 5.75 Å². The SMILES string of the molecule is O=C(NCc1nc(C(=O)NCc2c(F)cc(F)cc2F)c(O)c(=O)[nH]1)OCc1ccccc1. The van der Waals surface area contributed by atoms with Crippen molar-refractivity contribution < 1.29 is 32.6 Å². The fourth-order valence-electron chi connectivity index (χ4n) is 2.68. The number of ether oxygens (including phenoxy) is 1. The van der Waals surface area contributed by atoms with Gasteiger partial charge in [0.15, 0.2) is 5.69 Å². The number of amides is 2. The Labute approximate surface area is 184 Å². The minimum Gasteiger partial charge on any atom is -0.501 e. The van der Waals surface area contributed by atoms with Gasteiger partial charge >= 0.3 is 6.09 Å². The van der Waals surface area contributed by atoms with Crippen LogP contribution in [-0.4, -0.2) is 27.1 Å². The highest BCUT2D eigenvalue weighted by molar-refractivity contribution is 5.94. The summed E-state index contributed by atoms with van der Waals surface area (Å²) in [5.41, 5.74) is -1.70. The van der Waals surface area contributed by atoms with Crippen LogP contribution in [0.2, 0.25) is 0 Å². The summed E-state index contributed by atoms with van der Waals surface area (Å²) in [6, 6.07) is 9.72. The standard InChI is InChI=1S/C21H17F3N4O5/c22-12-6-14(23)13(15(24)7-12)8-25-19(30)17-18(29)20(31)28-16(27-17)9-26-21(32)33-10-11-4-2-1-3-5-11/h1-7,29H,8-10H2,(H,25,30)(H,26,32)(H,27,28,31). The maximum atomic E-state index is 13.7. The molecule has 2 aromatic carbocycles. The predicted molar refractivity (Wildman–Crippen MR) is 107 cm³/mol. The van der Waals surface area contributed by atoms with E-state index in [0.717, 1.165) is 5.56 Å². The summed E-state index contributed by atoms with van der Waals surface area (Å²) in [6.45, 7) is -1.06. The highest BCUT2D eigenvalue weighted by atomic mass is 19.1. The van der Waals surface area contributed by atoms with Gasteiger partial charge in [-0.2, -0.15) is 0 Å². The molecule has 0 saturated carbocycles. The first-order valence-electron chi connectivity index (χ1n) is 9.43. The molecule has 0 bridgehead atoms. The van der Waals surface area contributed by atoms with Gasteiger partial charge in [0.1, 0.15) is 29.9 Å². The van der Waals surface area contributed by atoms with Crippen molar-refractivity contribution in [2.75, 3.05) is 0 Å². The van der Waals surface area contributed by atoms with E-state index in [9.17, 15) is 32.7 Å². The maximum Gasteiger partial charge on any atom is 0.407 e. The molecule has 3 aromatic rings. The van der Waals surface area contributed by atoms with E-state index in [1.54, 1.807) is 30.3 Å². The lowest BCUT2D eigenvalue weighted by atomic mass is 10.2. The van der Waals surface area contributed by atoms with Gasteiger partial charge in [0.25, 0.3) is 11.5 Å². The smallest absolute Gasteiger partial charge is 0.407 e. The van der Waals surface area contributed by atoms with E-state index in [-0.39, 0.29) is 19.0 Å². The second-order valence-corrected chi connectivity index (χ2v) is 6.66. The molecule has 1 heterocycles. The minimum absolute atomic E-state index is 0.00361. The van der Waals surface area contributed by atoms with E-state index in [1.165, 1.54) is 0 Å². The van der Waals surface area contributed by atoms with Gasteiger partial charge in [0.2, 0.25) is 5.75 Å². The van der Waals surface area contributed by atoms with Crippen LogP contribution in [0.15, 0.2) is 47.3 Å². The average Bonchev–Trinajstić information content (AvgIpc) is 2.78. The molecule has 0 spiro atoms. The number of H-pyrrole nitrogens is 1. The summed E-state index contributed by atoms with van der Waals surface area (Å²) in [5.74, 6) is -5.95. The highest BCUT2D eigenvalue weighted by Crippen LogP contribution is 2.15. The molecular weight excluding hydrogens is 445 g/mol. The van der Waals surface area contributed by atoms with Crippen LogP contribution in [0.25, 0.3) is 0 Å². The molecule has 172 valence electrons. The molecule has 0 aliphatic heterocycles. The van der Waals surface area contributed by atoms with Crippen molar-refractivity contribution in [2.45, 2.75) is 19.7 Å². The normalized spacial score (nSPS) is 10.5. The van der Waals surface area contributed by atoms with Crippen LogP contribution in [0, 0.1) is 17.5 Å². The Bertz CT molecular complexity index is 1210. The first kappa shape index (κ1) is 23.3. The summed E-state index contributed by atoms with van der Waals surface area (Å²) in [6.07, 6.45) is -0.831. The van der Waals surface area contributed by atoms with E-state index < -0.39 is 58.6 Å². The Hall–Kier alpha value is -4.35. The monoisotopic (exact) mass is 462 g/mol. The Morgan fingerprint density at radius 2 is 1.70 bits per heavy atom. The van der Waals surface area contributed by atoms with Crippen LogP contribution in [0.5, 0.6) is 5.75 Å². The molecule has 1 aromatic heterocycles. The molecule has 12 heteroatoms. The minimum atomic E-state index is -1.23. The molecule has 0 fully saturated rings. The average molecular weight is 462 g/mol. The van der Waals surface area contributed by atoms with E-state index in [4.69, 9.17) is 4.74 Å². The second-order valence-electron chi connectivity index (χ2n) is 6.66. The largest absolute Gasteiger partial charge is 0.501 e. The fraction of sp³-hybridized carbons (Fsp3) is 0.143. The third kappa shape index (κ3) is 6.09. The van der Waals surface area contributed by atoms with Gasteiger partial charge in [0.05, 0.1) is 6.54 Å². The van der Waals surface area contributed by atoms with E-state index in [2.05, 4.69) is 20.6 Å². The van der Waals surface area contributed by atoms with Gasteiger partial charge in [-0.1, -0.05) is 30.3 Å². The lowest BCUT2D eigenvalue weighted by molar-refractivity contribution is 0.0941. The third-order valence-corrected chi connectivity index (χ3v) is 4.30. The van der Waals surface area contributed by atoms with Crippen molar-refractivity contribution in [3.63, 3.8) is 0 Å². The van der Waals surface area contributed by atoms with E-state index in [0.29, 0.717) is 12.1 Å². The Balaban J connectivity index is 1.63. The number of aromatic hydroxyl groups is 1. The molecule has 0 radical (unpaired) electrons. The zero-order valence-corrected chi connectivity index (χ0v) is 16.8. The number of aromatic nitrogens is 2. The molecular formula is C21H17F3N4O5. The number of nitrogens with zero attached hydrogens (tertiary/aromatic N) is 1.